The molecule has 0 unspecified atom stereocenters. The highest BCUT2D eigenvalue weighted by Crippen LogP contribution is 2.25. The number of rotatable bonds is 5. The summed E-state index contributed by atoms with van der Waals surface area (Å²) in [6.07, 6.45) is 0.635. The van der Waals surface area contributed by atoms with Gasteiger partial charge in [0.15, 0.2) is 5.82 Å². The van der Waals surface area contributed by atoms with Crippen LogP contribution in [-0.2, 0) is 11.2 Å². The molecule has 0 spiro atoms. The van der Waals surface area contributed by atoms with Gasteiger partial charge in [0, 0.05) is 6.07 Å². The Kier molecular flexibility index (Phi) is 4.39. The highest BCUT2D eigenvalue weighted by atomic mass is 32.2. The second-order valence-corrected chi connectivity index (χ2v) is 5.01. The van der Waals surface area contributed by atoms with Gasteiger partial charge in [0.05, 0.1) is 11.4 Å². The molecule has 2 rings (SSSR count). The third kappa shape index (κ3) is 3.16. The molecule has 0 saturated heterocycles. The summed E-state index contributed by atoms with van der Waals surface area (Å²) in [5.41, 5.74) is 0.806. The van der Waals surface area contributed by atoms with Gasteiger partial charge in [0.25, 0.3) is 0 Å². The van der Waals surface area contributed by atoms with Crippen LogP contribution in [0.15, 0.2) is 29.3 Å². The number of carboxylic acid groups (broad SMARTS) is 1. The van der Waals surface area contributed by atoms with E-state index in [1.54, 1.807) is 6.07 Å². The van der Waals surface area contributed by atoms with Gasteiger partial charge in [-0.05, 0) is 24.6 Å². The topological polar surface area (TPSA) is 55.1 Å². The van der Waals surface area contributed by atoms with E-state index < -0.39 is 17.6 Å². The van der Waals surface area contributed by atoms with Crippen molar-refractivity contribution in [3.05, 3.63) is 41.6 Å². The van der Waals surface area contributed by atoms with Crippen LogP contribution >= 0.6 is 11.8 Å². The van der Waals surface area contributed by atoms with Crippen molar-refractivity contribution < 1.29 is 18.7 Å². The average molecular weight is 298 g/mol. The van der Waals surface area contributed by atoms with Gasteiger partial charge in [-0.15, -0.1) is 0 Å². The van der Waals surface area contributed by atoms with E-state index in [-0.39, 0.29) is 11.4 Å². The predicted octanol–water partition coefficient (Wildman–Crippen LogP) is 2.89. The lowest BCUT2D eigenvalue weighted by molar-refractivity contribution is -0.133. The van der Waals surface area contributed by atoms with Crippen LogP contribution in [0.1, 0.15) is 12.6 Å². The minimum atomic E-state index is -0.972. The monoisotopic (exact) mass is 298 g/mol. The molecule has 0 fully saturated rings. The van der Waals surface area contributed by atoms with Gasteiger partial charge in [-0.2, -0.15) is 5.10 Å². The van der Waals surface area contributed by atoms with Crippen molar-refractivity contribution in [3.63, 3.8) is 0 Å². The molecule has 0 atom stereocenters. The zero-order valence-corrected chi connectivity index (χ0v) is 11.5. The molecule has 1 heterocycles. The first-order valence-electron chi connectivity index (χ1n) is 5.90. The SMILES string of the molecule is CCc1cc(SCC(=O)O)n(-c2ccc(F)cc2F)n1. The van der Waals surface area contributed by atoms with Crippen molar-refractivity contribution >= 4 is 17.7 Å². The van der Waals surface area contributed by atoms with Gasteiger partial charge >= 0.3 is 5.97 Å². The third-order valence-corrected chi connectivity index (χ3v) is 3.55. The fourth-order valence-electron chi connectivity index (χ4n) is 1.65. The maximum atomic E-state index is 13.8. The van der Waals surface area contributed by atoms with Crippen LogP contribution in [0.5, 0.6) is 0 Å². The first-order chi connectivity index (χ1) is 9.51. The number of nitrogens with zero attached hydrogens (tertiary/aromatic N) is 2. The lowest BCUT2D eigenvalue weighted by Gasteiger charge is -2.07. The Morgan fingerprint density at radius 3 is 2.75 bits per heavy atom. The Morgan fingerprint density at radius 2 is 2.15 bits per heavy atom. The molecular formula is C13H12F2N2O2S. The molecule has 2 aromatic rings. The van der Waals surface area contributed by atoms with E-state index in [2.05, 4.69) is 5.10 Å². The first-order valence-corrected chi connectivity index (χ1v) is 6.88. The molecule has 0 amide bonds. The van der Waals surface area contributed by atoms with Gasteiger partial charge < -0.3 is 5.11 Å². The van der Waals surface area contributed by atoms with Crippen molar-refractivity contribution in [2.24, 2.45) is 0 Å². The molecule has 1 aromatic carbocycles. The number of benzene rings is 1. The summed E-state index contributed by atoms with van der Waals surface area (Å²) >= 11 is 1.04. The minimum absolute atomic E-state index is 0.0963. The molecule has 1 aromatic heterocycles. The quantitative estimate of drug-likeness (QED) is 0.862. The Bertz CT molecular complexity index is 643. The highest BCUT2D eigenvalue weighted by Gasteiger charge is 2.14. The molecule has 7 heteroatoms. The molecule has 0 radical (unpaired) electrons. The van der Waals surface area contributed by atoms with Crippen LogP contribution in [0.4, 0.5) is 8.78 Å². The number of aromatic nitrogens is 2. The summed E-state index contributed by atoms with van der Waals surface area (Å²) in [4.78, 5) is 10.6. The van der Waals surface area contributed by atoms with Crippen LogP contribution in [0.3, 0.4) is 0 Å². The number of carbonyl (C=O) groups is 1. The summed E-state index contributed by atoms with van der Waals surface area (Å²) in [7, 11) is 0. The number of hydrogen-bond donors (Lipinski definition) is 1. The fraction of sp³-hybridized carbons (Fsp3) is 0.231. The Morgan fingerprint density at radius 1 is 1.40 bits per heavy atom. The molecular weight excluding hydrogens is 286 g/mol. The Labute approximate surface area is 118 Å². The number of thioether (sulfide) groups is 1. The lowest BCUT2D eigenvalue weighted by atomic mass is 10.3. The summed E-state index contributed by atoms with van der Waals surface area (Å²) < 4.78 is 28.0. The standard InChI is InChI=1S/C13H12F2N2O2S/c1-2-9-6-12(20-7-13(18)19)17(16-9)11-4-3-8(14)5-10(11)15/h3-6H,2,7H2,1H3,(H,18,19). The van der Waals surface area contributed by atoms with E-state index in [0.717, 1.165) is 23.9 Å². The Hall–Kier alpha value is -1.89. The number of carboxylic acids is 1. The summed E-state index contributed by atoms with van der Waals surface area (Å²) in [5.74, 6) is -2.54. The second kappa shape index (κ2) is 6.04. The number of aryl methyl sites for hydroxylation is 1. The molecule has 1 N–H and O–H groups in total. The van der Waals surface area contributed by atoms with Gasteiger partial charge in [0.2, 0.25) is 0 Å². The van der Waals surface area contributed by atoms with Gasteiger partial charge in [0.1, 0.15) is 16.5 Å². The fourth-order valence-corrected chi connectivity index (χ4v) is 2.40. The summed E-state index contributed by atoms with van der Waals surface area (Å²) in [6, 6.07) is 4.89. The van der Waals surface area contributed by atoms with Crippen LogP contribution in [-0.4, -0.2) is 26.6 Å². The molecule has 20 heavy (non-hydrogen) atoms. The van der Waals surface area contributed by atoms with Crippen LogP contribution < -0.4 is 0 Å². The maximum Gasteiger partial charge on any atom is 0.313 e. The minimum Gasteiger partial charge on any atom is -0.481 e. The second-order valence-electron chi connectivity index (χ2n) is 4.02. The van der Waals surface area contributed by atoms with Crippen LogP contribution in [0.2, 0.25) is 0 Å². The van der Waals surface area contributed by atoms with Crippen molar-refractivity contribution in [1.29, 1.82) is 0 Å². The largest absolute Gasteiger partial charge is 0.481 e. The van der Waals surface area contributed by atoms with Gasteiger partial charge in [-0.25, -0.2) is 13.5 Å². The number of aliphatic carboxylic acids is 1. The lowest BCUT2D eigenvalue weighted by Crippen LogP contribution is -2.04. The molecule has 0 aliphatic carbocycles. The predicted molar refractivity (Wildman–Crippen MR) is 71.2 cm³/mol. The number of halogens is 2. The molecule has 4 nitrogen and oxygen atoms in total. The molecule has 0 aliphatic heterocycles. The van der Waals surface area contributed by atoms with Crippen molar-refractivity contribution in [1.82, 2.24) is 9.78 Å². The molecule has 0 bridgehead atoms. The maximum absolute atomic E-state index is 13.8. The average Bonchev–Trinajstić information content (AvgIpc) is 2.79. The normalized spacial score (nSPS) is 10.8. The molecule has 0 aliphatic rings. The molecule has 106 valence electrons. The van der Waals surface area contributed by atoms with E-state index in [1.807, 2.05) is 6.92 Å². The van der Waals surface area contributed by atoms with E-state index in [1.165, 1.54) is 10.7 Å². The summed E-state index contributed by atoms with van der Waals surface area (Å²) in [6.45, 7) is 1.89. The van der Waals surface area contributed by atoms with Gasteiger partial charge in [-0.1, -0.05) is 18.7 Å². The van der Waals surface area contributed by atoms with E-state index in [9.17, 15) is 13.6 Å². The van der Waals surface area contributed by atoms with Crippen LogP contribution in [0, 0.1) is 11.6 Å². The van der Waals surface area contributed by atoms with Crippen LogP contribution in [0.25, 0.3) is 5.69 Å². The zero-order valence-electron chi connectivity index (χ0n) is 10.6. The van der Waals surface area contributed by atoms with Crippen molar-refractivity contribution in [2.45, 2.75) is 18.4 Å². The van der Waals surface area contributed by atoms with Crippen molar-refractivity contribution in [2.75, 3.05) is 5.75 Å². The molecule has 0 saturated carbocycles. The number of hydrogen-bond acceptors (Lipinski definition) is 3. The first kappa shape index (κ1) is 14.5. The van der Waals surface area contributed by atoms with E-state index in [4.69, 9.17) is 5.11 Å². The third-order valence-electron chi connectivity index (χ3n) is 2.57. The Balaban J connectivity index is 2.43. The van der Waals surface area contributed by atoms with Crippen molar-refractivity contribution in [3.8, 4) is 5.69 Å². The van der Waals surface area contributed by atoms with E-state index in [0.29, 0.717) is 17.1 Å². The van der Waals surface area contributed by atoms with E-state index >= 15 is 0 Å². The smallest absolute Gasteiger partial charge is 0.313 e. The van der Waals surface area contributed by atoms with Gasteiger partial charge in [-0.3, -0.25) is 4.79 Å². The zero-order chi connectivity index (χ0) is 14.7. The highest BCUT2D eigenvalue weighted by molar-refractivity contribution is 7.99. The summed E-state index contributed by atoms with van der Waals surface area (Å²) in [5, 5.41) is 13.4.